The summed E-state index contributed by atoms with van der Waals surface area (Å²) in [7, 11) is -10.1. The number of aromatic nitrogens is 4. The van der Waals surface area contributed by atoms with Crippen molar-refractivity contribution in [3.8, 4) is 11.5 Å². The second kappa shape index (κ2) is 10.2. The average Bonchev–Trinajstić information content (AvgIpc) is 3.72. The molecule has 0 amide bonds. The molecule has 1 fully saturated rings. The molecule has 4 aliphatic heterocycles. The summed E-state index contributed by atoms with van der Waals surface area (Å²) in [6.07, 6.45) is -1.83. The number of aromatic hydroxyl groups is 1. The van der Waals surface area contributed by atoms with Crippen molar-refractivity contribution < 1.29 is 61.4 Å². The zero-order valence-electron chi connectivity index (χ0n) is 22.1. The van der Waals surface area contributed by atoms with E-state index in [2.05, 4.69) is 30.9 Å². The minimum atomic E-state index is -5.05. The summed E-state index contributed by atoms with van der Waals surface area (Å²) < 4.78 is 47.9. The van der Waals surface area contributed by atoms with Gasteiger partial charge >= 0.3 is 16.3 Å². The van der Waals surface area contributed by atoms with Gasteiger partial charge in [0.05, 0.1) is 13.3 Å². The highest BCUT2D eigenvalue weighted by Crippen LogP contribution is 2.61. The number of nitrogen functional groups attached to an aromatic ring is 1. The quantitative estimate of drug-likeness (QED) is 0.143. The number of nitrogens with two attached hydrogens (primary N) is 1. The number of halogens is 1. The van der Waals surface area contributed by atoms with Crippen molar-refractivity contribution in [3.63, 3.8) is 0 Å². The summed E-state index contributed by atoms with van der Waals surface area (Å²) in [6.45, 7) is -0.851. The molecule has 3 aromatic heterocycles. The van der Waals surface area contributed by atoms with Crippen LogP contribution in [0.25, 0.3) is 17.0 Å². The van der Waals surface area contributed by atoms with Crippen molar-refractivity contribution >= 4 is 45.2 Å². The molecule has 22 nitrogen and oxygen atoms in total. The van der Waals surface area contributed by atoms with E-state index in [0.29, 0.717) is 12.0 Å². The number of rotatable bonds is 2. The molecular weight excluding hydrogens is 655 g/mol. The van der Waals surface area contributed by atoms with E-state index in [9.17, 15) is 34.6 Å². The third kappa shape index (κ3) is 4.96. The van der Waals surface area contributed by atoms with Gasteiger partial charge in [-0.3, -0.25) is 24.1 Å². The van der Waals surface area contributed by atoms with Crippen molar-refractivity contribution in [1.82, 2.24) is 35.5 Å². The largest absolute Gasteiger partial charge is 0.663 e. The highest BCUT2D eigenvalue weighted by Gasteiger charge is 2.53. The van der Waals surface area contributed by atoms with Crippen LogP contribution in [0.5, 0.6) is 11.5 Å². The number of anilines is 2. The molecule has 1 unspecified atom stereocenters. The maximum absolute atomic E-state index is 15.6. The van der Waals surface area contributed by atoms with E-state index < -0.39 is 75.5 Å². The smallest absolute Gasteiger partial charge is 0.500 e. The number of ether oxygens (including phenoxy) is 1. The molecular formula is C20H22FN9O13P2+2. The van der Waals surface area contributed by atoms with Crippen LogP contribution in [-0.2, 0) is 24.9 Å². The summed E-state index contributed by atoms with van der Waals surface area (Å²) >= 11 is 0. The van der Waals surface area contributed by atoms with E-state index in [0.717, 1.165) is 10.9 Å². The molecule has 0 saturated carbocycles. The van der Waals surface area contributed by atoms with E-state index in [1.807, 2.05) is 0 Å². The molecule has 0 radical (unpaired) electrons. The molecule has 2 bridgehead atoms. The van der Waals surface area contributed by atoms with Crippen LogP contribution in [0.2, 0.25) is 0 Å². The van der Waals surface area contributed by atoms with Crippen LogP contribution in [-0.4, -0.2) is 75.0 Å². The Hall–Kier alpha value is -4.60. The van der Waals surface area contributed by atoms with Gasteiger partial charge in [-0.25, -0.2) is 18.5 Å². The normalized spacial score (nSPS) is 25.2. The number of aliphatic hydroxyl groups is 1. The Morgan fingerprint density at radius 2 is 1.93 bits per heavy atom. The van der Waals surface area contributed by atoms with Crippen LogP contribution in [0.3, 0.4) is 0 Å². The first-order valence-corrected chi connectivity index (χ1v) is 15.5. The summed E-state index contributed by atoms with van der Waals surface area (Å²) in [6, 6.07) is 0. The van der Waals surface area contributed by atoms with Gasteiger partial charge in [-0.05, 0) is 0 Å². The number of nitrogens with zero attached hydrogens (tertiary/aromatic N) is 4. The Morgan fingerprint density at radius 3 is 2.73 bits per heavy atom. The van der Waals surface area contributed by atoms with Gasteiger partial charge in [0.25, 0.3) is 23.0 Å². The predicted octanol–water partition coefficient (Wildman–Crippen LogP) is -1.13. The highest BCUT2D eigenvalue weighted by atomic mass is 31.2. The minimum absolute atomic E-state index is 0.0256. The molecule has 12 N–H and O–H groups in total. The van der Waals surface area contributed by atoms with E-state index in [1.165, 1.54) is 4.90 Å². The Morgan fingerprint density at radius 1 is 1.13 bits per heavy atom. The molecule has 7 rings (SSSR count). The molecule has 3 aromatic rings. The SMILES string of the molecule is Nc1nc2c(ncn2C2=C3O[P+](O)(O)OCc4oc(N5CNC6=C(O)NCNC65)c(O)c4O[P+](O)(O)O/C=C(/O2)[C@H]3F)c(=O)[nH]1. The first-order chi connectivity index (χ1) is 21.3. The van der Waals surface area contributed by atoms with Gasteiger partial charge < -0.3 is 40.6 Å². The van der Waals surface area contributed by atoms with Crippen LogP contribution in [0.4, 0.5) is 16.2 Å². The second-order valence-electron chi connectivity index (χ2n) is 9.47. The van der Waals surface area contributed by atoms with Crippen molar-refractivity contribution in [2.45, 2.75) is 18.9 Å². The van der Waals surface area contributed by atoms with E-state index in [1.54, 1.807) is 0 Å². The molecule has 240 valence electrons. The number of fused-ring (bicyclic) bond motifs is 5. The Kier molecular flexibility index (Phi) is 6.62. The Labute approximate surface area is 248 Å². The number of aliphatic hydroxyl groups excluding tert-OH is 1. The maximum atomic E-state index is 15.6. The van der Waals surface area contributed by atoms with Gasteiger partial charge in [-0.1, -0.05) is 0 Å². The van der Waals surface area contributed by atoms with Crippen LogP contribution >= 0.6 is 16.3 Å². The number of hydrogen-bond acceptors (Lipinski definition) is 20. The molecule has 2 atom stereocenters. The van der Waals surface area contributed by atoms with E-state index in [-0.39, 0.29) is 42.2 Å². The molecule has 0 aromatic carbocycles. The van der Waals surface area contributed by atoms with E-state index in [4.69, 9.17) is 33.0 Å². The number of furan rings is 1. The molecule has 0 spiro atoms. The minimum Gasteiger partial charge on any atom is -0.500 e. The van der Waals surface area contributed by atoms with Crippen LogP contribution in [0.15, 0.2) is 44.9 Å². The van der Waals surface area contributed by atoms with Crippen molar-refractivity contribution in [3.05, 3.63) is 51.8 Å². The summed E-state index contributed by atoms with van der Waals surface area (Å²) in [4.78, 5) is 66.1. The lowest BCUT2D eigenvalue weighted by Gasteiger charge is -2.27. The van der Waals surface area contributed by atoms with Crippen LogP contribution in [0, 0.1) is 0 Å². The van der Waals surface area contributed by atoms with Gasteiger partial charge in [0.15, 0.2) is 35.6 Å². The lowest BCUT2D eigenvalue weighted by atomic mass is 10.3. The standard InChI is InChI=1S/C20H20FN9O13P2/c21-8-6-1-38-44(34,35)42-12-7(41-18(11(12)31)29-4-25-9-14(29)23-3-24-16(9)32)2-39-45(36,37)43-13(8)19(40-6)30-5-26-10-15(30)27-20(22)28-17(10)33/h1,5,8,14,23-25,34-37H,2-4H2,(H3-2,22,27,28,31,32,33)/p+2/b6-1+/t8-,14?/m1/s1. The molecule has 1 saturated heterocycles. The fraction of sp³-hybridized carbons (Fsp3) is 0.250. The third-order valence-corrected chi connectivity index (χ3v) is 8.33. The fourth-order valence-corrected chi connectivity index (χ4v) is 6.18. The summed E-state index contributed by atoms with van der Waals surface area (Å²) in [5.41, 5.74) is 4.67. The number of hydrogen-bond donors (Lipinski definition) is 11. The van der Waals surface area contributed by atoms with Gasteiger partial charge in [-0.15, -0.1) is 4.52 Å². The lowest BCUT2D eigenvalue weighted by molar-refractivity contribution is 0.117. The Balaban J connectivity index is 1.28. The summed E-state index contributed by atoms with van der Waals surface area (Å²) in [5, 5.41) is 29.7. The molecule has 25 heteroatoms. The van der Waals surface area contributed by atoms with Gasteiger partial charge in [-0.2, -0.15) is 24.6 Å². The van der Waals surface area contributed by atoms with Crippen molar-refractivity contribution in [2.24, 2.45) is 0 Å². The highest BCUT2D eigenvalue weighted by molar-refractivity contribution is 7.55. The topological polar surface area (TPSA) is 310 Å². The first kappa shape index (κ1) is 29.1. The fourth-order valence-electron chi connectivity index (χ4n) is 4.70. The zero-order valence-corrected chi connectivity index (χ0v) is 23.9. The van der Waals surface area contributed by atoms with Gasteiger partial charge in [0, 0.05) is 0 Å². The monoisotopic (exact) mass is 677 g/mol. The predicted molar refractivity (Wildman–Crippen MR) is 146 cm³/mol. The number of aromatic amines is 1. The zero-order chi connectivity index (χ0) is 31.8. The maximum Gasteiger partial charge on any atom is 0.663 e. The molecule has 45 heavy (non-hydrogen) atoms. The third-order valence-electron chi connectivity index (χ3n) is 6.63. The average molecular weight is 677 g/mol. The van der Waals surface area contributed by atoms with Crippen LogP contribution in [0.1, 0.15) is 5.76 Å². The number of H-pyrrole nitrogens is 1. The molecule has 4 aliphatic rings. The molecule has 7 heterocycles. The van der Waals surface area contributed by atoms with E-state index >= 15 is 4.39 Å². The number of imidazole rings is 1. The number of nitrogens with one attached hydrogen (secondary N) is 4. The van der Waals surface area contributed by atoms with Gasteiger partial charge in [0.2, 0.25) is 29.6 Å². The Bertz CT molecular complexity index is 1870. The van der Waals surface area contributed by atoms with Crippen molar-refractivity contribution in [1.29, 1.82) is 0 Å². The van der Waals surface area contributed by atoms with Gasteiger partial charge in [0.1, 0.15) is 18.2 Å². The first-order valence-electron chi connectivity index (χ1n) is 12.5. The number of alkyl halides is 1. The molecule has 0 aliphatic carbocycles. The van der Waals surface area contributed by atoms with Crippen molar-refractivity contribution in [2.75, 3.05) is 24.0 Å². The summed E-state index contributed by atoms with van der Waals surface area (Å²) in [5.74, 6) is -5.24. The lowest BCUT2D eigenvalue weighted by Crippen LogP contribution is -2.50. The van der Waals surface area contributed by atoms with Crippen LogP contribution < -0.4 is 36.7 Å². The second-order valence-corrected chi connectivity index (χ2v) is 12.3.